The molecule has 1 aromatic heterocycles. The number of nitrogens with zero attached hydrogens (tertiary/aromatic N) is 4. The number of sulfonamides is 1. The van der Waals surface area contributed by atoms with Gasteiger partial charge in [0.25, 0.3) is 0 Å². The standard InChI is InChI=1S/C16H27N5O4S/c1-3-6-17-16(22)20-10-12(11-20)9-14-18-15(19-25-14)13-4-7-21(8-5-13)26(2,23)24/h12-13H,3-11H2,1-2H3,(H,17,22). The Morgan fingerprint density at radius 3 is 2.62 bits per heavy atom. The van der Waals surface area contributed by atoms with Crippen LogP contribution in [-0.2, 0) is 16.4 Å². The van der Waals surface area contributed by atoms with Crippen molar-refractivity contribution in [2.75, 3.05) is 39.0 Å². The minimum absolute atomic E-state index is 0.00745. The highest BCUT2D eigenvalue weighted by atomic mass is 32.2. The van der Waals surface area contributed by atoms with Gasteiger partial charge >= 0.3 is 6.03 Å². The maximum absolute atomic E-state index is 11.8. The molecule has 2 amide bonds. The number of likely N-dealkylation sites (tertiary alicyclic amines) is 1. The predicted molar refractivity (Wildman–Crippen MR) is 95.1 cm³/mol. The van der Waals surface area contributed by atoms with E-state index in [-0.39, 0.29) is 11.9 Å². The number of amides is 2. The number of nitrogens with one attached hydrogen (secondary N) is 1. The first-order chi connectivity index (χ1) is 12.4. The zero-order valence-electron chi connectivity index (χ0n) is 15.3. The van der Waals surface area contributed by atoms with Crippen molar-refractivity contribution >= 4 is 16.1 Å². The van der Waals surface area contributed by atoms with Crippen LogP contribution in [-0.4, -0.2) is 72.8 Å². The molecular formula is C16H27N5O4S. The summed E-state index contributed by atoms with van der Waals surface area (Å²) in [6.45, 7) is 5.14. The van der Waals surface area contributed by atoms with E-state index in [1.165, 1.54) is 10.6 Å². The quantitative estimate of drug-likeness (QED) is 0.776. The lowest BCUT2D eigenvalue weighted by Gasteiger charge is -2.38. The molecule has 0 spiro atoms. The molecule has 0 atom stereocenters. The minimum atomic E-state index is -3.12. The van der Waals surface area contributed by atoms with E-state index in [1.807, 2.05) is 6.92 Å². The largest absolute Gasteiger partial charge is 0.339 e. The fourth-order valence-corrected chi connectivity index (χ4v) is 4.29. The fraction of sp³-hybridized carbons (Fsp3) is 0.812. The van der Waals surface area contributed by atoms with E-state index in [2.05, 4.69) is 15.5 Å². The van der Waals surface area contributed by atoms with Crippen molar-refractivity contribution in [3.05, 3.63) is 11.7 Å². The molecule has 2 saturated heterocycles. The molecule has 0 aromatic carbocycles. The summed E-state index contributed by atoms with van der Waals surface area (Å²) >= 11 is 0. The Morgan fingerprint density at radius 2 is 2.00 bits per heavy atom. The Bertz CT molecular complexity index is 721. The Balaban J connectivity index is 1.44. The number of hydrogen-bond acceptors (Lipinski definition) is 6. The van der Waals surface area contributed by atoms with Crippen molar-refractivity contribution < 1.29 is 17.7 Å². The van der Waals surface area contributed by atoms with E-state index in [4.69, 9.17) is 4.52 Å². The molecule has 3 heterocycles. The van der Waals surface area contributed by atoms with Gasteiger partial charge in [-0.25, -0.2) is 17.5 Å². The summed E-state index contributed by atoms with van der Waals surface area (Å²) in [5.74, 6) is 1.76. The van der Waals surface area contributed by atoms with Gasteiger partial charge in [0.15, 0.2) is 5.82 Å². The summed E-state index contributed by atoms with van der Waals surface area (Å²) in [5, 5.41) is 6.95. The smallest absolute Gasteiger partial charge is 0.317 e. The normalized spacial score (nSPS) is 20.2. The number of urea groups is 1. The van der Waals surface area contributed by atoms with Crippen LogP contribution in [0.3, 0.4) is 0 Å². The Labute approximate surface area is 154 Å². The zero-order chi connectivity index (χ0) is 18.7. The van der Waals surface area contributed by atoms with Gasteiger partial charge in [-0.2, -0.15) is 4.98 Å². The zero-order valence-corrected chi connectivity index (χ0v) is 16.2. The second-order valence-corrected chi connectivity index (χ2v) is 9.17. The molecule has 0 saturated carbocycles. The number of hydrogen-bond donors (Lipinski definition) is 1. The van der Waals surface area contributed by atoms with Crippen LogP contribution in [0.2, 0.25) is 0 Å². The molecule has 26 heavy (non-hydrogen) atoms. The van der Waals surface area contributed by atoms with Crippen LogP contribution in [0.5, 0.6) is 0 Å². The van der Waals surface area contributed by atoms with E-state index < -0.39 is 10.0 Å². The number of carbonyl (C=O) groups excluding carboxylic acids is 1. The fourth-order valence-electron chi connectivity index (χ4n) is 3.42. The summed E-state index contributed by atoms with van der Waals surface area (Å²) in [5.41, 5.74) is 0. The Kier molecular flexibility index (Phi) is 5.81. The van der Waals surface area contributed by atoms with E-state index in [0.717, 1.165) is 6.42 Å². The molecule has 9 nitrogen and oxygen atoms in total. The van der Waals surface area contributed by atoms with Gasteiger partial charge < -0.3 is 14.7 Å². The molecule has 0 bridgehead atoms. The van der Waals surface area contributed by atoms with Crippen molar-refractivity contribution in [3.63, 3.8) is 0 Å². The van der Waals surface area contributed by atoms with Crippen LogP contribution in [0.15, 0.2) is 4.52 Å². The van der Waals surface area contributed by atoms with Crippen molar-refractivity contribution in [3.8, 4) is 0 Å². The Hall–Kier alpha value is -1.68. The average Bonchev–Trinajstić information content (AvgIpc) is 3.03. The van der Waals surface area contributed by atoms with Crippen LogP contribution >= 0.6 is 0 Å². The van der Waals surface area contributed by atoms with Crippen molar-refractivity contribution in [2.24, 2.45) is 5.92 Å². The van der Waals surface area contributed by atoms with E-state index in [0.29, 0.717) is 69.6 Å². The van der Waals surface area contributed by atoms with Gasteiger partial charge in [0.05, 0.1) is 6.26 Å². The average molecular weight is 385 g/mol. The second kappa shape index (κ2) is 7.91. The van der Waals surface area contributed by atoms with Gasteiger partial charge in [-0.3, -0.25) is 0 Å². The van der Waals surface area contributed by atoms with Gasteiger partial charge in [0, 0.05) is 51.0 Å². The summed E-state index contributed by atoms with van der Waals surface area (Å²) in [4.78, 5) is 18.1. The predicted octanol–water partition coefficient (Wildman–Crippen LogP) is 0.803. The Morgan fingerprint density at radius 1 is 1.31 bits per heavy atom. The number of aromatic nitrogens is 2. The van der Waals surface area contributed by atoms with E-state index >= 15 is 0 Å². The molecular weight excluding hydrogens is 358 g/mol. The highest BCUT2D eigenvalue weighted by Gasteiger charge is 2.33. The van der Waals surface area contributed by atoms with Gasteiger partial charge in [-0.05, 0) is 19.3 Å². The van der Waals surface area contributed by atoms with Crippen LogP contribution < -0.4 is 5.32 Å². The molecule has 2 aliphatic rings. The lowest BCUT2D eigenvalue weighted by atomic mass is 9.96. The molecule has 2 aliphatic heterocycles. The maximum atomic E-state index is 11.8. The third-order valence-corrected chi connectivity index (χ3v) is 6.31. The topological polar surface area (TPSA) is 109 Å². The first-order valence-corrected chi connectivity index (χ1v) is 11.0. The van der Waals surface area contributed by atoms with Crippen LogP contribution in [0, 0.1) is 5.92 Å². The number of piperidine rings is 1. The van der Waals surface area contributed by atoms with Gasteiger partial charge in [-0.1, -0.05) is 12.1 Å². The molecule has 0 radical (unpaired) electrons. The molecule has 1 N–H and O–H groups in total. The molecule has 1 aromatic rings. The van der Waals surface area contributed by atoms with Gasteiger partial charge in [-0.15, -0.1) is 0 Å². The van der Waals surface area contributed by atoms with E-state index in [1.54, 1.807) is 4.90 Å². The molecule has 10 heteroatoms. The van der Waals surface area contributed by atoms with Crippen LogP contribution in [0.1, 0.15) is 43.8 Å². The summed E-state index contributed by atoms with van der Waals surface area (Å²) in [6, 6.07) is -0.00745. The molecule has 2 fully saturated rings. The SMILES string of the molecule is CCCNC(=O)N1CC(Cc2nc(C3CCN(S(C)(=O)=O)CC3)no2)C1. The van der Waals surface area contributed by atoms with Gasteiger partial charge in [0.2, 0.25) is 15.9 Å². The third kappa shape index (κ3) is 4.53. The minimum Gasteiger partial charge on any atom is -0.339 e. The highest BCUT2D eigenvalue weighted by molar-refractivity contribution is 7.88. The summed E-state index contributed by atoms with van der Waals surface area (Å²) < 4.78 is 30.0. The maximum Gasteiger partial charge on any atom is 0.317 e. The number of rotatable bonds is 6. The molecule has 146 valence electrons. The van der Waals surface area contributed by atoms with Crippen molar-refractivity contribution in [1.29, 1.82) is 0 Å². The van der Waals surface area contributed by atoms with Crippen LogP contribution in [0.25, 0.3) is 0 Å². The lowest BCUT2D eigenvalue weighted by molar-refractivity contribution is 0.115. The monoisotopic (exact) mass is 385 g/mol. The summed E-state index contributed by atoms with van der Waals surface area (Å²) in [6.07, 6.45) is 4.26. The second-order valence-electron chi connectivity index (χ2n) is 7.19. The lowest BCUT2D eigenvalue weighted by Crippen LogP contribution is -2.54. The first kappa shape index (κ1) is 19.1. The van der Waals surface area contributed by atoms with Crippen molar-refractivity contribution in [2.45, 2.75) is 38.5 Å². The molecule has 3 rings (SSSR count). The van der Waals surface area contributed by atoms with Gasteiger partial charge in [0.1, 0.15) is 0 Å². The third-order valence-electron chi connectivity index (χ3n) is 5.01. The first-order valence-electron chi connectivity index (χ1n) is 9.17. The van der Waals surface area contributed by atoms with Crippen LogP contribution in [0.4, 0.5) is 4.79 Å². The molecule has 0 unspecified atom stereocenters. The summed E-state index contributed by atoms with van der Waals surface area (Å²) in [7, 11) is -3.12. The molecule has 0 aliphatic carbocycles. The van der Waals surface area contributed by atoms with Crippen molar-refractivity contribution in [1.82, 2.24) is 24.7 Å². The number of carbonyl (C=O) groups is 1. The van der Waals surface area contributed by atoms with E-state index in [9.17, 15) is 13.2 Å². The highest BCUT2D eigenvalue weighted by Crippen LogP contribution is 2.28.